The van der Waals surface area contributed by atoms with Gasteiger partial charge in [0.15, 0.2) is 0 Å². The molecule has 3 rings (SSSR count). The summed E-state index contributed by atoms with van der Waals surface area (Å²) in [5.41, 5.74) is -1.95. The molecule has 2 unspecified atom stereocenters. The molecule has 0 saturated carbocycles. The highest BCUT2D eigenvalue weighted by molar-refractivity contribution is 5.98. The standard InChI is InChI=1S/C22H34N2O6/c1-7-11-23(13(3)4)19(27)17-22-10-9-21(6,30-22)16(20(28)29-8-2)15(22)18(26)24(17)14(5)12-25/h7,13-17,25H,1,8-12H2,2-6H3/t14-,15+,16+,17?,21-,22?/m1/s1. The lowest BCUT2D eigenvalue weighted by Gasteiger charge is -2.39. The van der Waals surface area contributed by atoms with E-state index in [9.17, 15) is 19.5 Å². The van der Waals surface area contributed by atoms with Gasteiger partial charge < -0.3 is 24.4 Å². The lowest BCUT2D eigenvalue weighted by atomic mass is 9.66. The van der Waals surface area contributed by atoms with Crippen molar-refractivity contribution in [2.45, 2.75) is 76.8 Å². The third kappa shape index (κ3) is 3.07. The molecule has 2 amide bonds. The zero-order valence-corrected chi connectivity index (χ0v) is 18.6. The molecular formula is C22H34N2O6. The fourth-order valence-electron chi connectivity index (χ4n) is 5.65. The van der Waals surface area contributed by atoms with Crippen molar-refractivity contribution in [3.63, 3.8) is 0 Å². The number of hydrogen-bond donors (Lipinski definition) is 1. The molecule has 6 atom stereocenters. The molecule has 3 heterocycles. The van der Waals surface area contributed by atoms with Crippen molar-refractivity contribution in [2.75, 3.05) is 19.8 Å². The number of hydrogen-bond acceptors (Lipinski definition) is 6. The minimum Gasteiger partial charge on any atom is -0.466 e. The first-order chi connectivity index (χ1) is 14.1. The van der Waals surface area contributed by atoms with E-state index in [1.54, 1.807) is 24.8 Å². The van der Waals surface area contributed by atoms with Gasteiger partial charge in [0.05, 0.1) is 30.8 Å². The summed E-state index contributed by atoms with van der Waals surface area (Å²) < 4.78 is 11.8. The lowest BCUT2D eigenvalue weighted by molar-refractivity contribution is -0.161. The second kappa shape index (κ2) is 7.96. The van der Waals surface area contributed by atoms with Gasteiger partial charge in [-0.05, 0) is 47.5 Å². The van der Waals surface area contributed by atoms with Crippen LogP contribution in [-0.4, -0.2) is 81.8 Å². The third-order valence-electron chi connectivity index (χ3n) is 6.96. The Hall–Kier alpha value is -1.93. The van der Waals surface area contributed by atoms with Gasteiger partial charge >= 0.3 is 5.97 Å². The highest BCUT2D eigenvalue weighted by Gasteiger charge is 2.78. The van der Waals surface area contributed by atoms with Gasteiger partial charge in [-0.15, -0.1) is 6.58 Å². The van der Waals surface area contributed by atoms with Crippen LogP contribution in [0.15, 0.2) is 12.7 Å². The number of amides is 2. The monoisotopic (exact) mass is 422 g/mol. The minimum atomic E-state index is -1.10. The first kappa shape index (κ1) is 22.7. The van der Waals surface area contributed by atoms with Crippen LogP contribution in [0.3, 0.4) is 0 Å². The van der Waals surface area contributed by atoms with Crippen LogP contribution in [-0.2, 0) is 23.9 Å². The van der Waals surface area contributed by atoms with E-state index >= 15 is 0 Å². The number of carbonyl (C=O) groups excluding carboxylic acids is 3. The number of ether oxygens (including phenoxy) is 2. The number of nitrogens with zero attached hydrogens (tertiary/aromatic N) is 2. The van der Waals surface area contributed by atoms with Crippen molar-refractivity contribution in [1.82, 2.24) is 9.80 Å². The number of rotatable bonds is 8. The Bertz CT molecular complexity index is 739. The first-order valence-electron chi connectivity index (χ1n) is 10.8. The summed E-state index contributed by atoms with van der Waals surface area (Å²) in [7, 11) is 0. The molecule has 3 aliphatic rings. The molecule has 1 spiro atoms. The molecule has 2 bridgehead atoms. The highest BCUT2D eigenvalue weighted by atomic mass is 16.6. The van der Waals surface area contributed by atoms with E-state index in [0.29, 0.717) is 19.4 Å². The quantitative estimate of drug-likeness (QED) is 0.465. The van der Waals surface area contributed by atoms with Gasteiger partial charge in [-0.2, -0.15) is 0 Å². The molecule has 3 fully saturated rings. The van der Waals surface area contributed by atoms with Gasteiger partial charge in [0.2, 0.25) is 11.8 Å². The van der Waals surface area contributed by atoms with E-state index in [1.807, 2.05) is 20.8 Å². The molecule has 0 aromatic heterocycles. The van der Waals surface area contributed by atoms with Gasteiger partial charge in [-0.1, -0.05) is 6.08 Å². The molecule has 3 saturated heterocycles. The van der Waals surface area contributed by atoms with E-state index in [-0.39, 0.29) is 31.1 Å². The van der Waals surface area contributed by atoms with Gasteiger partial charge in [-0.3, -0.25) is 14.4 Å². The van der Waals surface area contributed by atoms with Crippen LogP contribution in [0.25, 0.3) is 0 Å². The van der Waals surface area contributed by atoms with Gasteiger partial charge in [0, 0.05) is 12.6 Å². The zero-order valence-electron chi connectivity index (χ0n) is 18.6. The molecule has 30 heavy (non-hydrogen) atoms. The summed E-state index contributed by atoms with van der Waals surface area (Å²) >= 11 is 0. The molecule has 0 radical (unpaired) electrons. The maximum absolute atomic E-state index is 13.8. The summed E-state index contributed by atoms with van der Waals surface area (Å²) in [6, 6.07) is -1.59. The molecule has 0 aliphatic carbocycles. The first-order valence-corrected chi connectivity index (χ1v) is 10.8. The van der Waals surface area contributed by atoms with Crippen LogP contribution < -0.4 is 0 Å². The average Bonchev–Trinajstić information content (AvgIpc) is 3.25. The maximum Gasteiger partial charge on any atom is 0.312 e. The second-order valence-corrected chi connectivity index (χ2v) is 9.13. The lowest BCUT2D eigenvalue weighted by Crippen LogP contribution is -2.59. The second-order valence-electron chi connectivity index (χ2n) is 9.13. The smallest absolute Gasteiger partial charge is 0.312 e. The number of carbonyl (C=O) groups is 3. The Balaban J connectivity index is 2.11. The molecule has 8 heteroatoms. The summed E-state index contributed by atoms with van der Waals surface area (Å²) in [4.78, 5) is 43.4. The van der Waals surface area contributed by atoms with E-state index in [0.717, 1.165) is 0 Å². The number of fused-ring (bicyclic) bond motifs is 1. The number of aliphatic hydroxyl groups excluding tert-OH is 1. The molecule has 1 N–H and O–H groups in total. The minimum absolute atomic E-state index is 0.109. The predicted molar refractivity (Wildman–Crippen MR) is 109 cm³/mol. The van der Waals surface area contributed by atoms with Crippen LogP contribution in [0.2, 0.25) is 0 Å². The normalized spacial score (nSPS) is 35.5. The maximum atomic E-state index is 13.8. The van der Waals surface area contributed by atoms with Crippen LogP contribution in [0.5, 0.6) is 0 Å². The Labute approximate surface area is 178 Å². The fraction of sp³-hybridized carbons (Fsp3) is 0.773. The summed E-state index contributed by atoms with van der Waals surface area (Å²) in [6.45, 7) is 13.1. The van der Waals surface area contributed by atoms with E-state index < -0.39 is 41.1 Å². The molecule has 0 aromatic rings. The highest BCUT2D eigenvalue weighted by Crippen LogP contribution is 2.63. The van der Waals surface area contributed by atoms with Crippen LogP contribution >= 0.6 is 0 Å². The Morgan fingerprint density at radius 1 is 1.40 bits per heavy atom. The van der Waals surface area contributed by atoms with Crippen LogP contribution in [0.1, 0.15) is 47.5 Å². The van der Waals surface area contributed by atoms with Crippen molar-refractivity contribution in [2.24, 2.45) is 11.8 Å². The Morgan fingerprint density at radius 2 is 2.07 bits per heavy atom. The predicted octanol–water partition coefficient (Wildman–Crippen LogP) is 1.12. The summed E-state index contributed by atoms with van der Waals surface area (Å²) in [5.74, 6) is -2.59. The molecule has 8 nitrogen and oxygen atoms in total. The molecule has 3 aliphatic heterocycles. The molecular weight excluding hydrogens is 388 g/mol. The number of esters is 1. The summed E-state index contributed by atoms with van der Waals surface area (Å²) in [6.07, 6.45) is 2.72. The van der Waals surface area contributed by atoms with Crippen molar-refractivity contribution < 1.29 is 29.0 Å². The Morgan fingerprint density at radius 3 is 2.60 bits per heavy atom. The molecule has 0 aromatic carbocycles. The van der Waals surface area contributed by atoms with Crippen molar-refractivity contribution >= 4 is 17.8 Å². The van der Waals surface area contributed by atoms with Gasteiger partial charge in [0.1, 0.15) is 17.6 Å². The van der Waals surface area contributed by atoms with Crippen molar-refractivity contribution in [3.8, 4) is 0 Å². The molecule has 168 valence electrons. The summed E-state index contributed by atoms with van der Waals surface area (Å²) in [5, 5.41) is 9.84. The van der Waals surface area contributed by atoms with E-state index in [4.69, 9.17) is 9.47 Å². The van der Waals surface area contributed by atoms with E-state index in [2.05, 4.69) is 6.58 Å². The van der Waals surface area contributed by atoms with Gasteiger partial charge in [0.25, 0.3) is 0 Å². The van der Waals surface area contributed by atoms with Crippen LogP contribution in [0, 0.1) is 11.8 Å². The largest absolute Gasteiger partial charge is 0.466 e. The zero-order chi connectivity index (χ0) is 22.4. The third-order valence-corrected chi connectivity index (χ3v) is 6.96. The van der Waals surface area contributed by atoms with E-state index in [1.165, 1.54) is 4.90 Å². The topological polar surface area (TPSA) is 96.4 Å². The van der Waals surface area contributed by atoms with Crippen LogP contribution in [0.4, 0.5) is 0 Å². The average molecular weight is 423 g/mol. The SMILES string of the molecule is C=CCN(C(=O)C1N([C@H](C)CO)C(=O)[C@@H]2[C@@H](C(=O)OCC)[C@@]3(C)CCC12O3)C(C)C. The van der Waals surface area contributed by atoms with Crippen molar-refractivity contribution in [1.29, 1.82) is 0 Å². The fourth-order valence-corrected chi connectivity index (χ4v) is 5.65. The number of likely N-dealkylation sites (tertiary alicyclic amines) is 1. The number of aliphatic hydroxyl groups is 1. The van der Waals surface area contributed by atoms with Crippen molar-refractivity contribution in [3.05, 3.63) is 12.7 Å². The van der Waals surface area contributed by atoms with Gasteiger partial charge in [-0.25, -0.2) is 0 Å². The Kier molecular flexibility index (Phi) is 6.04.